The number of allylic oxidation sites excluding steroid dienone is 4. The Balaban J connectivity index is 2.17. The van der Waals surface area contributed by atoms with Crippen LogP contribution in [0.1, 0.15) is 57.8 Å². The lowest BCUT2D eigenvalue weighted by atomic mass is 10.1. The molecular weight excluding hydrogens is 168 g/mol. The van der Waals surface area contributed by atoms with E-state index in [9.17, 15) is 0 Å². The molecule has 0 spiro atoms. The van der Waals surface area contributed by atoms with Gasteiger partial charge in [0.25, 0.3) is 0 Å². The molecule has 0 aromatic heterocycles. The zero-order valence-corrected chi connectivity index (χ0v) is 9.25. The second-order valence-electron chi connectivity index (χ2n) is 4.07. The SMILES string of the molecule is [CH]1CCCC/C=C/C=C/CCCCC1. The first-order chi connectivity index (χ1) is 7.00. The van der Waals surface area contributed by atoms with Crippen molar-refractivity contribution in [3.05, 3.63) is 30.7 Å². The van der Waals surface area contributed by atoms with Crippen molar-refractivity contribution in [2.75, 3.05) is 0 Å². The first-order valence-electron chi connectivity index (χ1n) is 6.13. The molecule has 0 atom stereocenters. The van der Waals surface area contributed by atoms with Crippen LogP contribution in [0.2, 0.25) is 0 Å². The van der Waals surface area contributed by atoms with E-state index in [-0.39, 0.29) is 0 Å². The quantitative estimate of drug-likeness (QED) is 0.514. The summed E-state index contributed by atoms with van der Waals surface area (Å²) < 4.78 is 0. The monoisotopic (exact) mass is 191 g/mol. The highest BCUT2D eigenvalue weighted by molar-refractivity contribution is 5.02. The smallest absolute Gasteiger partial charge is 0.0348 e. The van der Waals surface area contributed by atoms with Crippen molar-refractivity contribution in [3.63, 3.8) is 0 Å². The molecule has 0 fully saturated rings. The molecule has 1 radical (unpaired) electrons. The summed E-state index contributed by atoms with van der Waals surface area (Å²) in [7, 11) is 0. The molecule has 0 amide bonds. The van der Waals surface area contributed by atoms with Crippen LogP contribution in [0.3, 0.4) is 0 Å². The van der Waals surface area contributed by atoms with Gasteiger partial charge >= 0.3 is 0 Å². The predicted octanol–water partition coefficient (Wildman–Crippen LogP) is 4.83. The van der Waals surface area contributed by atoms with Crippen molar-refractivity contribution < 1.29 is 0 Å². The Bertz CT molecular complexity index is 145. The highest BCUT2D eigenvalue weighted by Gasteiger charge is 1.92. The molecule has 1 rings (SSSR count). The van der Waals surface area contributed by atoms with Gasteiger partial charge in [-0.15, -0.1) is 0 Å². The second kappa shape index (κ2) is 9.05. The third kappa shape index (κ3) is 6.94. The summed E-state index contributed by atoms with van der Waals surface area (Å²) in [4.78, 5) is 0. The minimum atomic E-state index is 1.25. The lowest BCUT2D eigenvalue weighted by Crippen LogP contribution is -1.82. The molecule has 0 heterocycles. The van der Waals surface area contributed by atoms with Crippen LogP contribution in [0, 0.1) is 6.42 Å². The summed E-state index contributed by atoms with van der Waals surface area (Å²) in [5, 5.41) is 0. The Kier molecular flexibility index (Phi) is 7.47. The van der Waals surface area contributed by atoms with Gasteiger partial charge in [0.05, 0.1) is 0 Å². The molecule has 0 N–H and O–H groups in total. The maximum absolute atomic E-state index is 2.48. The number of hydrogen-bond acceptors (Lipinski definition) is 0. The molecule has 0 unspecified atom stereocenters. The Morgan fingerprint density at radius 1 is 0.500 bits per heavy atom. The normalized spacial score (nSPS) is 26.3. The lowest BCUT2D eigenvalue weighted by Gasteiger charge is -2.01. The molecule has 0 aliphatic heterocycles. The fraction of sp³-hybridized carbons (Fsp3) is 0.643. The van der Waals surface area contributed by atoms with E-state index in [0.29, 0.717) is 0 Å². The third-order valence-electron chi connectivity index (χ3n) is 2.69. The van der Waals surface area contributed by atoms with Gasteiger partial charge in [0, 0.05) is 0 Å². The number of rotatable bonds is 0. The number of hydrogen-bond donors (Lipinski definition) is 0. The van der Waals surface area contributed by atoms with Gasteiger partial charge in [-0.05, 0) is 32.1 Å². The molecule has 0 saturated carbocycles. The van der Waals surface area contributed by atoms with Crippen molar-refractivity contribution >= 4 is 0 Å². The average Bonchev–Trinajstić information content (AvgIpc) is 2.22. The van der Waals surface area contributed by atoms with Crippen molar-refractivity contribution in [1.29, 1.82) is 0 Å². The fourth-order valence-corrected chi connectivity index (χ4v) is 1.77. The fourth-order valence-electron chi connectivity index (χ4n) is 1.77. The van der Waals surface area contributed by atoms with Gasteiger partial charge in [0.2, 0.25) is 0 Å². The van der Waals surface area contributed by atoms with Gasteiger partial charge < -0.3 is 0 Å². The van der Waals surface area contributed by atoms with Crippen molar-refractivity contribution in [2.45, 2.75) is 57.8 Å². The van der Waals surface area contributed by atoms with Crippen LogP contribution in [0.5, 0.6) is 0 Å². The van der Waals surface area contributed by atoms with E-state index in [0.717, 1.165) is 0 Å². The van der Waals surface area contributed by atoms with Crippen molar-refractivity contribution in [3.8, 4) is 0 Å². The van der Waals surface area contributed by atoms with Gasteiger partial charge in [-0.25, -0.2) is 0 Å². The van der Waals surface area contributed by atoms with Gasteiger partial charge in [0.1, 0.15) is 0 Å². The van der Waals surface area contributed by atoms with Gasteiger partial charge in [-0.1, -0.05) is 56.4 Å². The maximum Gasteiger partial charge on any atom is -0.0348 e. The highest BCUT2D eigenvalue weighted by Crippen LogP contribution is 2.10. The van der Waals surface area contributed by atoms with E-state index in [2.05, 4.69) is 30.7 Å². The highest BCUT2D eigenvalue weighted by atomic mass is 14.0. The molecule has 0 heteroatoms. The van der Waals surface area contributed by atoms with E-state index < -0.39 is 0 Å². The van der Waals surface area contributed by atoms with Crippen LogP contribution >= 0.6 is 0 Å². The van der Waals surface area contributed by atoms with Crippen LogP contribution in [0.25, 0.3) is 0 Å². The van der Waals surface area contributed by atoms with Crippen LogP contribution in [-0.4, -0.2) is 0 Å². The molecule has 14 heavy (non-hydrogen) atoms. The Morgan fingerprint density at radius 3 is 1.71 bits per heavy atom. The minimum Gasteiger partial charge on any atom is -0.0845 e. The molecule has 1 aliphatic carbocycles. The molecule has 1 aliphatic rings. The van der Waals surface area contributed by atoms with Crippen LogP contribution in [0.15, 0.2) is 24.3 Å². The summed E-state index contributed by atoms with van der Waals surface area (Å²) in [6.45, 7) is 0. The van der Waals surface area contributed by atoms with E-state index in [1.807, 2.05) is 0 Å². The lowest BCUT2D eigenvalue weighted by molar-refractivity contribution is 0.648. The molecule has 0 aromatic carbocycles. The standard InChI is InChI=1S/C14H23/c1-2-4-6-8-10-12-14-13-11-9-7-5-3-1/h1-4,13H,5-12,14H2/b3-1+,4-2+. The third-order valence-corrected chi connectivity index (χ3v) is 2.69. The Hall–Kier alpha value is -0.520. The zero-order chi connectivity index (χ0) is 9.90. The summed E-state index contributed by atoms with van der Waals surface area (Å²) in [6.07, 6.45) is 23.5. The molecule has 0 nitrogen and oxygen atoms in total. The van der Waals surface area contributed by atoms with E-state index in [1.54, 1.807) is 0 Å². The summed E-state index contributed by atoms with van der Waals surface area (Å²) in [6, 6.07) is 0. The topological polar surface area (TPSA) is 0 Å². The molecule has 0 aromatic rings. The zero-order valence-electron chi connectivity index (χ0n) is 9.25. The van der Waals surface area contributed by atoms with E-state index >= 15 is 0 Å². The van der Waals surface area contributed by atoms with Crippen molar-refractivity contribution in [1.82, 2.24) is 0 Å². The summed E-state index contributed by atoms with van der Waals surface area (Å²) in [5.41, 5.74) is 0. The largest absolute Gasteiger partial charge is 0.0845 e. The van der Waals surface area contributed by atoms with Crippen LogP contribution < -0.4 is 0 Å². The van der Waals surface area contributed by atoms with Crippen molar-refractivity contribution in [2.24, 2.45) is 0 Å². The average molecular weight is 191 g/mol. The molecule has 79 valence electrons. The Labute approximate surface area is 89.1 Å². The second-order valence-corrected chi connectivity index (χ2v) is 4.07. The van der Waals surface area contributed by atoms with E-state index in [1.165, 1.54) is 57.8 Å². The van der Waals surface area contributed by atoms with Crippen LogP contribution in [-0.2, 0) is 0 Å². The maximum atomic E-state index is 2.48. The Morgan fingerprint density at radius 2 is 1.00 bits per heavy atom. The van der Waals surface area contributed by atoms with E-state index in [4.69, 9.17) is 0 Å². The molecule has 0 bridgehead atoms. The van der Waals surface area contributed by atoms with Gasteiger partial charge in [-0.3, -0.25) is 0 Å². The first-order valence-corrected chi connectivity index (χ1v) is 6.13. The van der Waals surface area contributed by atoms with Crippen LogP contribution in [0.4, 0.5) is 0 Å². The summed E-state index contributed by atoms with van der Waals surface area (Å²) in [5.74, 6) is 0. The minimum absolute atomic E-state index is 1.25. The molecular formula is C14H23. The predicted molar refractivity (Wildman–Crippen MR) is 64.1 cm³/mol. The van der Waals surface area contributed by atoms with Gasteiger partial charge in [-0.2, -0.15) is 0 Å². The first kappa shape index (κ1) is 11.6. The summed E-state index contributed by atoms with van der Waals surface area (Å²) >= 11 is 0. The van der Waals surface area contributed by atoms with Gasteiger partial charge in [0.15, 0.2) is 0 Å². The molecule has 0 saturated heterocycles.